The molecule has 1 aromatic heterocycles. The number of carbonyl (C=O) groups excluding carboxylic acids is 2. The van der Waals surface area contributed by atoms with Gasteiger partial charge in [-0.1, -0.05) is 25.5 Å². The molecule has 2 aromatic rings. The zero-order valence-corrected chi connectivity index (χ0v) is 18.1. The molecule has 1 aliphatic rings. The number of hydrogen-bond acceptors (Lipinski definition) is 3. The van der Waals surface area contributed by atoms with E-state index in [1.54, 1.807) is 9.80 Å². The zero-order chi connectivity index (χ0) is 21.0. The number of rotatable bonds is 7. The number of aromatic nitrogens is 2. The van der Waals surface area contributed by atoms with Crippen molar-refractivity contribution in [3.63, 3.8) is 0 Å². The maximum absolute atomic E-state index is 13.5. The summed E-state index contributed by atoms with van der Waals surface area (Å²) >= 11 is 0. The Labute approximate surface area is 173 Å². The van der Waals surface area contributed by atoms with E-state index >= 15 is 0 Å². The summed E-state index contributed by atoms with van der Waals surface area (Å²) in [6, 6.07) is 7.93. The predicted octanol–water partition coefficient (Wildman–Crippen LogP) is 4.07. The third kappa shape index (κ3) is 4.36. The molecule has 0 aliphatic carbocycles. The summed E-state index contributed by atoms with van der Waals surface area (Å²) in [7, 11) is 1.81. The highest BCUT2D eigenvalue weighted by atomic mass is 16.2. The van der Waals surface area contributed by atoms with Crippen LogP contribution in [0.15, 0.2) is 24.3 Å². The molecule has 0 unspecified atom stereocenters. The molecular weight excluding hydrogens is 364 g/mol. The standard InChI is InChI=1S/C23H32N4O2/c1-5-7-14-25(4)23(29)21-24-20(19-13-8-9-15-27(19)21)22(28)26(6-2)18-12-10-11-17(3)16-18/h10-12,16H,5-9,13-15H2,1-4H3. The highest BCUT2D eigenvalue weighted by Gasteiger charge is 2.31. The summed E-state index contributed by atoms with van der Waals surface area (Å²) in [5.74, 6) is 0.181. The summed E-state index contributed by atoms with van der Waals surface area (Å²) in [6.07, 6.45) is 4.79. The molecule has 29 heavy (non-hydrogen) atoms. The average Bonchev–Trinajstić information content (AvgIpc) is 3.11. The molecule has 0 bridgehead atoms. The number of nitrogens with zero attached hydrogens (tertiary/aromatic N) is 4. The second kappa shape index (κ2) is 9.25. The minimum absolute atomic E-state index is 0.0979. The van der Waals surface area contributed by atoms with Gasteiger partial charge in [0.15, 0.2) is 11.5 Å². The van der Waals surface area contributed by atoms with Gasteiger partial charge in [-0.25, -0.2) is 4.98 Å². The lowest BCUT2D eigenvalue weighted by atomic mass is 10.1. The number of amides is 2. The van der Waals surface area contributed by atoms with Crippen molar-refractivity contribution in [3.05, 3.63) is 47.0 Å². The molecule has 6 heteroatoms. The lowest BCUT2D eigenvalue weighted by molar-refractivity contribution is 0.0775. The topological polar surface area (TPSA) is 58.4 Å². The van der Waals surface area contributed by atoms with E-state index in [-0.39, 0.29) is 11.8 Å². The molecule has 2 heterocycles. The number of hydrogen-bond donors (Lipinski definition) is 0. The van der Waals surface area contributed by atoms with Gasteiger partial charge in [-0.15, -0.1) is 0 Å². The Morgan fingerprint density at radius 1 is 1.17 bits per heavy atom. The van der Waals surface area contributed by atoms with E-state index in [1.807, 2.05) is 49.7 Å². The highest BCUT2D eigenvalue weighted by Crippen LogP contribution is 2.25. The monoisotopic (exact) mass is 396 g/mol. The number of carbonyl (C=O) groups is 2. The molecule has 0 atom stereocenters. The number of fused-ring (bicyclic) bond motifs is 1. The van der Waals surface area contributed by atoms with Gasteiger partial charge in [0.05, 0.1) is 5.69 Å². The van der Waals surface area contributed by atoms with Crippen molar-refractivity contribution >= 4 is 17.5 Å². The maximum Gasteiger partial charge on any atom is 0.289 e. The van der Waals surface area contributed by atoms with Crippen LogP contribution in [0.4, 0.5) is 5.69 Å². The van der Waals surface area contributed by atoms with E-state index in [9.17, 15) is 9.59 Å². The quantitative estimate of drug-likeness (QED) is 0.709. The maximum atomic E-state index is 13.5. The van der Waals surface area contributed by atoms with Crippen LogP contribution >= 0.6 is 0 Å². The zero-order valence-electron chi connectivity index (χ0n) is 18.1. The van der Waals surface area contributed by atoms with Crippen molar-refractivity contribution in [2.45, 2.75) is 59.4 Å². The van der Waals surface area contributed by atoms with Gasteiger partial charge < -0.3 is 14.4 Å². The Morgan fingerprint density at radius 2 is 1.97 bits per heavy atom. The van der Waals surface area contributed by atoms with Gasteiger partial charge in [0.1, 0.15) is 0 Å². The fourth-order valence-corrected chi connectivity index (χ4v) is 3.91. The van der Waals surface area contributed by atoms with Crippen LogP contribution in [-0.2, 0) is 13.0 Å². The van der Waals surface area contributed by atoms with Crippen molar-refractivity contribution in [2.75, 3.05) is 25.0 Å². The number of unbranched alkanes of at least 4 members (excludes halogenated alkanes) is 1. The van der Waals surface area contributed by atoms with E-state index in [2.05, 4.69) is 11.9 Å². The molecule has 0 N–H and O–H groups in total. The molecule has 3 rings (SSSR count). The number of aryl methyl sites for hydroxylation is 1. The van der Waals surface area contributed by atoms with E-state index in [0.29, 0.717) is 24.6 Å². The summed E-state index contributed by atoms with van der Waals surface area (Å²) in [5, 5.41) is 0. The molecule has 2 amide bonds. The van der Waals surface area contributed by atoms with Gasteiger partial charge in [0.25, 0.3) is 11.8 Å². The van der Waals surface area contributed by atoms with E-state index < -0.39 is 0 Å². The largest absolute Gasteiger partial charge is 0.339 e. The van der Waals surface area contributed by atoms with Crippen molar-refractivity contribution in [3.8, 4) is 0 Å². The Hall–Kier alpha value is -2.63. The summed E-state index contributed by atoms with van der Waals surface area (Å²) in [4.78, 5) is 34.6. The second-order valence-electron chi connectivity index (χ2n) is 7.81. The van der Waals surface area contributed by atoms with E-state index in [0.717, 1.165) is 55.6 Å². The van der Waals surface area contributed by atoms with Crippen LogP contribution in [0.3, 0.4) is 0 Å². The Morgan fingerprint density at radius 3 is 2.66 bits per heavy atom. The van der Waals surface area contributed by atoms with Crippen LogP contribution in [-0.4, -0.2) is 46.4 Å². The average molecular weight is 397 g/mol. The van der Waals surface area contributed by atoms with Gasteiger partial charge in [0, 0.05) is 32.4 Å². The SMILES string of the molecule is CCCCN(C)C(=O)c1nc(C(=O)N(CC)c2cccc(C)c2)c2n1CCCC2. The first kappa shape index (κ1) is 21.1. The summed E-state index contributed by atoms with van der Waals surface area (Å²) in [5.41, 5.74) is 3.30. The highest BCUT2D eigenvalue weighted by molar-refractivity contribution is 6.06. The fraction of sp³-hybridized carbons (Fsp3) is 0.522. The molecule has 0 fully saturated rings. The molecule has 1 aliphatic heterocycles. The Bertz CT molecular complexity index is 887. The molecule has 0 spiro atoms. The smallest absolute Gasteiger partial charge is 0.289 e. The van der Waals surface area contributed by atoms with Crippen LogP contribution in [0.1, 0.15) is 71.9 Å². The van der Waals surface area contributed by atoms with Gasteiger partial charge >= 0.3 is 0 Å². The number of benzene rings is 1. The van der Waals surface area contributed by atoms with Gasteiger partial charge in [-0.2, -0.15) is 0 Å². The Kier molecular flexibility index (Phi) is 6.72. The molecule has 0 saturated carbocycles. The first-order valence-electron chi connectivity index (χ1n) is 10.7. The van der Waals surface area contributed by atoms with E-state index in [1.165, 1.54) is 0 Å². The number of anilines is 1. The normalized spacial score (nSPS) is 13.1. The van der Waals surface area contributed by atoms with Gasteiger partial charge in [-0.3, -0.25) is 9.59 Å². The third-order valence-electron chi connectivity index (χ3n) is 5.58. The predicted molar refractivity (Wildman–Crippen MR) is 116 cm³/mol. The first-order valence-corrected chi connectivity index (χ1v) is 10.7. The van der Waals surface area contributed by atoms with Crippen LogP contribution in [0.5, 0.6) is 0 Å². The second-order valence-corrected chi connectivity index (χ2v) is 7.81. The van der Waals surface area contributed by atoms with Crippen LogP contribution in [0.2, 0.25) is 0 Å². The molecule has 1 aromatic carbocycles. The van der Waals surface area contributed by atoms with Crippen molar-refractivity contribution in [1.82, 2.24) is 14.5 Å². The van der Waals surface area contributed by atoms with Crippen LogP contribution < -0.4 is 4.90 Å². The first-order chi connectivity index (χ1) is 14.0. The molecule has 6 nitrogen and oxygen atoms in total. The molecule has 156 valence electrons. The minimum atomic E-state index is -0.126. The third-order valence-corrected chi connectivity index (χ3v) is 5.58. The van der Waals surface area contributed by atoms with Crippen molar-refractivity contribution in [2.24, 2.45) is 0 Å². The molecular formula is C23H32N4O2. The molecule has 0 saturated heterocycles. The summed E-state index contributed by atoms with van der Waals surface area (Å²) in [6.45, 7) is 8.09. The lowest BCUT2D eigenvalue weighted by Gasteiger charge is -2.22. The molecule has 0 radical (unpaired) electrons. The van der Waals surface area contributed by atoms with Crippen molar-refractivity contribution in [1.29, 1.82) is 0 Å². The summed E-state index contributed by atoms with van der Waals surface area (Å²) < 4.78 is 1.98. The fourth-order valence-electron chi connectivity index (χ4n) is 3.91. The van der Waals surface area contributed by atoms with Gasteiger partial charge in [0.2, 0.25) is 0 Å². The Balaban J connectivity index is 1.97. The van der Waals surface area contributed by atoms with Crippen LogP contribution in [0.25, 0.3) is 0 Å². The number of imidazole rings is 1. The van der Waals surface area contributed by atoms with Gasteiger partial charge in [-0.05, 0) is 57.2 Å². The van der Waals surface area contributed by atoms with E-state index in [4.69, 9.17) is 0 Å². The van der Waals surface area contributed by atoms with Crippen molar-refractivity contribution < 1.29 is 9.59 Å². The lowest BCUT2D eigenvalue weighted by Crippen LogP contribution is -2.32. The van der Waals surface area contributed by atoms with Crippen LogP contribution in [0, 0.1) is 6.92 Å². The minimum Gasteiger partial charge on any atom is -0.339 e.